The van der Waals surface area contributed by atoms with Crippen molar-refractivity contribution in [1.29, 1.82) is 0 Å². The first kappa shape index (κ1) is 28.6. The van der Waals surface area contributed by atoms with Gasteiger partial charge in [-0.1, -0.05) is 0 Å². The van der Waals surface area contributed by atoms with Crippen LogP contribution in [-0.4, -0.2) is 75.1 Å². The first-order valence-electron chi connectivity index (χ1n) is 13.1. The molecule has 0 atom stereocenters. The van der Waals surface area contributed by atoms with Gasteiger partial charge in [-0.05, 0) is 57.7 Å². The number of urea groups is 1. The Morgan fingerprint density at radius 1 is 1.05 bits per heavy atom. The average Bonchev–Trinajstić information content (AvgIpc) is 2.88. The molecule has 1 saturated carbocycles. The number of nitrogens with zero attached hydrogens (tertiary/aromatic N) is 4. The summed E-state index contributed by atoms with van der Waals surface area (Å²) in [5.74, 6) is -1.74. The molecular weight excluding hydrogens is 510 g/mol. The predicted octanol–water partition coefficient (Wildman–Crippen LogP) is 1.28. The van der Waals surface area contributed by atoms with Crippen molar-refractivity contribution in [3.05, 3.63) is 52.1 Å². The van der Waals surface area contributed by atoms with Crippen LogP contribution in [0, 0.1) is 11.6 Å². The van der Waals surface area contributed by atoms with Crippen molar-refractivity contribution < 1.29 is 18.4 Å². The van der Waals surface area contributed by atoms with E-state index in [-0.39, 0.29) is 41.6 Å². The molecule has 0 unspecified atom stereocenters. The standard InChI is InChI=1S/C26H36F2N8O3/c1-26(2,30)23(37)34-9-11-35(12-10-34)24(38)32-22-7-8-36(25(39)33-22)18-13-20(27)19(21(28)14-18)15-31-17-5-3-16(29)4-6-17/h7-8,13-14,16-17,31H,3-6,9-12,15,29-30H2,1-2H3,(H,32,33,38,39). The van der Waals surface area contributed by atoms with Crippen LogP contribution in [0.3, 0.4) is 0 Å². The lowest BCUT2D eigenvalue weighted by atomic mass is 9.92. The van der Waals surface area contributed by atoms with Gasteiger partial charge in [0.05, 0.1) is 11.2 Å². The van der Waals surface area contributed by atoms with Gasteiger partial charge in [-0.3, -0.25) is 14.7 Å². The van der Waals surface area contributed by atoms with Crippen LogP contribution >= 0.6 is 0 Å². The van der Waals surface area contributed by atoms with Crippen LogP contribution in [-0.2, 0) is 11.3 Å². The van der Waals surface area contributed by atoms with E-state index < -0.39 is 28.9 Å². The molecule has 2 fully saturated rings. The number of nitrogens with one attached hydrogen (secondary N) is 2. The summed E-state index contributed by atoms with van der Waals surface area (Å²) in [5, 5.41) is 5.75. The second-order valence-electron chi connectivity index (χ2n) is 10.8. The molecule has 2 heterocycles. The molecule has 0 radical (unpaired) electrons. The van der Waals surface area contributed by atoms with E-state index in [9.17, 15) is 23.2 Å². The zero-order valence-electron chi connectivity index (χ0n) is 22.3. The lowest BCUT2D eigenvalue weighted by Crippen LogP contribution is -2.58. The highest BCUT2D eigenvalue weighted by Gasteiger charge is 2.31. The van der Waals surface area contributed by atoms with Gasteiger partial charge in [-0.15, -0.1) is 0 Å². The topological polar surface area (TPSA) is 152 Å². The van der Waals surface area contributed by atoms with Gasteiger partial charge >= 0.3 is 11.7 Å². The molecule has 3 amide bonds. The molecule has 1 aliphatic heterocycles. The van der Waals surface area contributed by atoms with E-state index in [1.165, 1.54) is 17.2 Å². The SMILES string of the molecule is CC(C)(N)C(=O)N1CCN(C(=O)Nc2ccn(-c3cc(F)c(CNC4CCC(N)CC4)c(F)c3)c(=O)n2)CC1. The Bertz CT molecular complexity index is 1240. The quantitative estimate of drug-likeness (QED) is 0.426. The van der Waals surface area contributed by atoms with Crippen LogP contribution in [0.4, 0.5) is 19.4 Å². The molecule has 0 bridgehead atoms. The van der Waals surface area contributed by atoms with Crippen molar-refractivity contribution >= 4 is 17.8 Å². The van der Waals surface area contributed by atoms with Crippen molar-refractivity contribution in [2.45, 2.75) is 63.7 Å². The molecule has 1 aliphatic carbocycles. The third-order valence-electron chi connectivity index (χ3n) is 7.19. The summed E-state index contributed by atoms with van der Waals surface area (Å²) in [6, 6.07) is 3.40. The molecule has 1 aromatic heterocycles. The number of halogens is 2. The fourth-order valence-corrected chi connectivity index (χ4v) is 4.85. The number of hydrogen-bond acceptors (Lipinski definition) is 7. The van der Waals surface area contributed by atoms with Crippen molar-refractivity contribution in [1.82, 2.24) is 24.7 Å². The molecule has 0 spiro atoms. The number of nitrogens with two attached hydrogens (primary N) is 2. The van der Waals surface area contributed by atoms with Crippen LogP contribution in [0.5, 0.6) is 0 Å². The van der Waals surface area contributed by atoms with E-state index in [0.29, 0.717) is 26.2 Å². The number of carbonyl (C=O) groups is 2. The lowest BCUT2D eigenvalue weighted by molar-refractivity contribution is -0.137. The van der Waals surface area contributed by atoms with Crippen LogP contribution in [0.2, 0.25) is 0 Å². The zero-order valence-corrected chi connectivity index (χ0v) is 22.3. The van der Waals surface area contributed by atoms with Crippen molar-refractivity contribution in [3.63, 3.8) is 0 Å². The van der Waals surface area contributed by atoms with Gasteiger partial charge in [0.1, 0.15) is 17.5 Å². The van der Waals surface area contributed by atoms with Gasteiger partial charge in [0.25, 0.3) is 0 Å². The van der Waals surface area contributed by atoms with E-state index in [1.807, 2.05) is 0 Å². The number of amides is 3. The highest BCUT2D eigenvalue weighted by atomic mass is 19.1. The molecular formula is C26H36F2N8O3. The van der Waals surface area contributed by atoms with E-state index in [0.717, 1.165) is 42.4 Å². The number of carbonyl (C=O) groups excluding carboxylic acids is 2. The van der Waals surface area contributed by atoms with E-state index >= 15 is 0 Å². The highest BCUT2D eigenvalue weighted by molar-refractivity contribution is 5.89. The number of rotatable bonds is 6. The molecule has 2 aromatic rings. The third-order valence-corrected chi connectivity index (χ3v) is 7.19. The Morgan fingerprint density at radius 3 is 2.21 bits per heavy atom. The van der Waals surface area contributed by atoms with Gasteiger partial charge in [0.2, 0.25) is 5.91 Å². The number of benzene rings is 1. The van der Waals surface area contributed by atoms with Crippen LogP contribution in [0.1, 0.15) is 45.1 Å². The second-order valence-corrected chi connectivity index (χ2v) is 10.8. The Balaban J connectivity index is 1.37. The minimum absolute atomic E-state index is 0.00295. The predicted molar refractivity (Wildman–Crippen MR) is 142 cm³/mol. The lowest BCUT2D eigenvalue weighted by Gasteiger charge is -2.37. The summed E-state index contributed by atoms with van der Waals surface area (Å²) in [4.78, 5) is 44.6. The number of piperazine rings is 1. The number of anilines is 1. The molecule has 11 nitrogen and oxygen atoms in total. The first-order chi connectivity index (χ1) is 18.4. The first-order valence-corrected chi connectivity index (χ1v) is 13.1. The highest BCUT2D eigenvalue weighted by Crippen LogP contribution is 2.21. The molecule has 212 valence electrons. The summed E-state index contributed by atoms with van der Waals surface area (Å²) in [5.41, 5.74) is 9.86. The van der Waals surface area contributed by atoms with E-state index in [4.69, 9.17) is 11.5 Å². The molecule has 1 saturated heterocycles. The average molecular weight is 547 g/mol. The minimum Gasteiger partial charge on any atom is -0.338 e. The Labute approximate surface area is 225 Å². The number of hydrogen-bond donors (Lipinski definition) is 4. The summed E-state index contributed by atoms with van der Waals surface area (Å²) in [6.45, 7) is 4.54. The van der Waals surface area contributed by atoms with Crippen LogP contribution < -0.4 is 27.8 Å². The van der Waals surface area contributed by atoms with Crippen molar-refractivity contribution in [3.8, 4) is 5.69 Å². The van der Waals surface area contributed by atoms with Gasteiger partial charge in [-0.25, -0.2) is 18.4 Å². The van der Waals surface area contributed by atoms with Crippen molar-refractivity contribution in [2.24, 2.45) is 11.5 Å². The molecule has 39 heavy (non-hydrogen) atoms. The van der Waals surface area contributed by atoms with Crippen molar-refractivity contribution in [2.75, 3.05) is 31.5 Å². The maximum absolute atomic E-state index is 14.8. The van der Waals surface area contributed by atoms with Gasteiger partial charge in [0, 0.05) is 56.6 Å². The third kappa shape index (κ3) is 6.97. The smallest absolute Gasteiger partial charge is 0.338 e. The second kappa shape index (κ2) is 11.8. The zero-order chi connectivity index (χ0) is 28.3. The van der Waals surface area contributed by atoms with Gasteiger partial charge in [-0.2, -0.15) is 4.98 Å². The maximum Gasteiger partial charge on any atom is 0.354 e. The summed E-state index contributed by atoms with van der Waals surface area (Å²) in [7, 11) is 0. The fourth-order valence-electron chi connectivity index (χ4n) is 4.85. The molecule has 1 aromatic carbocycles. The minimum atomic E-state index is -0.995. The van der Waals surface area contributed by atoms with Gasteiger partial charge in [0.15, 0.2) is 0 Å². The van der Waals surface area contributed by atoms with Crippen LogP contribution in [0.15, 0.2) is 29.2 Å². The summed E-state index contributed by atoms with van der Waals surface area (Å²) < 4.78 is 30.6. The molecule has 13 heteroatoms. The van der Waals surface area contributed by atoms with E-state index in [2.05, 4.69) is 15.6 Å². The van der Waals surface area contributed by atoms with Crippen LogP contribution in [0.25, 0.3) is 5.69 Å². The van der Waals surface area contributed by atoms with E-state index in [1.54, 1.807) is 18.7 Å². The maximum atomic E-state index is 14.8. The fraction of sp³-hybridized carbons (Fsp3) is 0.538. The van der Waals surface area contributed by atoms with Gasteiger partial charge < -0.3 is 26.6 Å². The molecule has 6 N–H and O–H groups in total. The molecule has 2 aliphatic rings. The normalized spacial score (nSPS) is 20.2. The largest absolute Gasteiger partial charge is 0.354 e. The summed E-state index contributed by atoms with van der Waals surface area (Å²) >= 11 is 0. The Hall–Kier alpha value is -3.42. The number of aromatic nitrogens is 2. The Kier molecular flexibility index (Phi) is 8.62. The Morgan fingerprint density at radius 2 is 1.64 bits per heavy atom. The monoisotopic (exact) mass is 546 g/mol. The summed E-state index contributed by atoms with van der Waals surface area (Å²) in [6.07, 6.45) is 4.75. The molecule has 4 rings (SSSR count).